The van der Waals surface area contributed by atoms with Crippen LogP contribution in [0, 0.1) is 0 Å². The van der Waals surface area contributed by atoms with Crippen LogP contribution in [0.4, 0.5) is 0 Å². The molecule has 0 fully saturated rings. The van der Waals surface area contributed by atoms with Crippen molar-refractivity contribution in [3.8, 4) is 0 Å². The fourth-order valence-electron chi connectivity index (χ4n) is 0.363. The molecule has 0 aliphatic heterocycles. The van der Waals surface area contributed by atoms with Crippen molar-refractivity contribution in [1.82, 2.24) is 0 Å². The minimum atomic E-state index is -4.75. The lowest BCUT2D eigenvalue weighted by Crippen LogP contribution is -2.30. The Balaban J connectivity index is 4.21. The molecule has 0 saturated carbocycles. The van der Waals surface area contributed by atoms with Crippen LogP contribution < -0.4 is 0 Å². The fraction of sp³-hybridized carbons (Fsp3) is 1.00. The molecule has 0 unspecified atom stereocenters. The lowest BCUT2D eigenvalue weighted by molar-refractivity contribution is 0.208. The molecule has 0 aromatic heterocycles. The minimum absolute atomic E-state index is 0.954. The molecule has 92 valence electrons. The average molecular weight is 305 g/mol. The highest BCUT2D eigenvalue weighted by Crippen LogP contribution is 2.22. The van der Waals surface area contributed by atoms with Gasteiger partial charge in [-0.3, -0.25) is 9.11 Å². The fourth-order valence-corrected chi connectivity index (χ4v) is 1.54. The Bertz CT molecular complexity index is 358. The van der Waals surface area contributed by atoms with Crippen LogP contribution in [0.15, 0.2) is 0 Å². The Labute approximate surface area is 96.0 Å². The van der Waals surface area contributed by atoms with Gasteiger partial charge in [0.15, 0.2) is 4.33 Å². The van der Waals surface area contributed by atoms with Crippen molar-refractivity contribution in [2.24, 2.45) is 0 Å². The Hall–Kier alpha value is 0.320. The Morgan fingerprint density at radius 3 is 1.40 bits per heavy atom. The van der Waals surface area contributed by atoms with Crippen molar-refractivity contribution in [2.75, 3.05) is 13.2 Å². The summed E-state index contributed by atoms with van der Waals surface area (Å²) in [4.78, 5) is 0. The smallest absolute Gasteiger partial charge is 0.264 e. The normalized spacial score (nSPS) is 14.1. The maximum Gasteiger partial charge on any atom is 0.397 e. The molecule has 15 heavy (non-hydrogen) atoms. The molecule has 0 bridgehead atoms. The molecule has 0 aliphatic carbocycles. The van der Waals surface area contributed by atoms with E-state index in [1.165, 1.54) is 0 Å². The van der Waals surface area contributed by atoms with Crippen molar-refractivity contribution in [2.45, 2.75) is 4.33 Å². The van der Waals surface area contributed by atoms with E-state index >= 15 is 0 Å². The predicted octanol–water partition coefficient (Wildman–Crippen LogP) is -0.201. The monoisotopic (exact) mass is 304 g/mol. The third kappa shape index (κ3) is 10.6. The molecule has 0 aromatic rings. The van der Waals surface area contributed by atoms with Gasteiger partial charge in [0, 0.05) is 0 Å². The van der Waals surface area contributed by atoms with Crippen LogP contribution in [0.2, 0.25) is 0 Å². The summed E-state index contributed by atoms with van der Waals surface area (Å²) < 4.78 is 62.1. The number of alkyl halides is 2. The Morgan fingerprint density at radius 1 is 0.933 bits per heavy atom. The zero-order valence-electron chi connectivity index (χ0n) is 6.83. The second-order valence-corrected chi connectivity index (χ2v) is 6.06. The van der Waals surface area contributed by atoms with E-state index in [0.29, 0.717) is 0 Å². The molecule has 12 heteroatoms. The summed E-state index contributed by atoms with van der Waals surface area (Å²) in [5, 5.41) is 0. The van der Waals surface area contributed by atoms with Gasteiger partial charge in [-0.1, -0.05) is 23.2 Å². The summed E-state index contributed by atoms with van der Waals surface area (Å²) in [6.45, 7) is -1.91. The molecular formula is C3H6Cl2O8S2. The Kier molecular flexibility index (Phi) is 5.21. The average Bonchev–Trinajstić information content (AvgIpc) is 1.96. The van der Waals surface area contributed by atoms with Gasteiger partial charge in [0.2, 0.25) is 0 Å². The SMILES string of the molecule is O=S(=O)(O)OCC(Cl)(Cl)COS(=O)(=O)O. The summed E-state index contributed by atoms with van der Waals surface area (Å²) in [5.41, 5.74) is 0. The summed E-state index contributed by atoms with van der Waals surface area (Å²) in [6.07, 6.45) is 0. The number of hydrogen-bond acceptors (Lipinski definition) is 6. The van der Waals surface area contributed by atoms with E-state index in [1.54, 1.807) is 0 Å². The molecule has 8 nitrogen and oxygen atoms in total. The van der Waals surface area contributed by atoms with E-state index in [4.69, 9.17) is 32.3 Å². The van der Waals surface area contributed by atoms with Gasteiger partial charge in [-0.2, -0.15) is 16.8 Å². The zero-order valence-corrected chi connectivity index (χ0v) is 9.98. The van der Waals surface area contributed by atoms with E-state index in [1.807, 2.05) is 0 Å². The van der Waals surface area contributed by atoms with Crippen LogP contribution in [0.3, 0.4) is 0 Å². The Morgan fingerprint density at radius 2 is 1.20 bits per heavy atom. The van der Waals surface area contributed by atoms with E-state index in [-0.39, 0.29) is 0 Å². The van der Waals surface area contributed by atoms with Crippen molar-refractivity contribution < 1.29 is 34.3 Å². The highest BCUT2D eigenvalue weighted by atomic mass is 35.5. The summed E-state index contributed by atoms with van der Waals surface area (Å²) in [7, 11) is -9.49. The lowest BCUT2D eigenvalue weighted by Gasteiger charge is -2.16. The van der Waals surface area contributed by atoms with Gasteiger partial charge in [0.1, 0.15) is 13.2 Å². The molecule has 2 N–H and O–H groups in total. The molecule has 0 rings (SSSR count). The molecule has 0 atom stereocenters. The molecule has 0 aliphatic rings. The molecular weight excluding hydrogens is 299 g/mol. The number of halogens is 2. The first-order chi connectivity index (χ1) is 6.41. The molecule has 0 saturated heterocycles. The first kappa shape index (κ1) is 15.3. The van der Waals surface area contributed by atoms with E-state index in [2.05, 4.69) is 8.37 Å². The van der Waals surface area contributed by atoms with Crippen LogP contribution in [0.1, 0.15) is 0 Å². The maximum absolute atomic E-state index is 10.1. The molecule has 0 amide bonds. The molecule has 0 heterocycles. The molecule has 0 aromatic carbocycles. The first-order valence-corrected chi connectivity index (χ1v) is 6.51. The third-order valence-electron chi connectivity index (χ3n) is 0.838. The van der Waals surface area contributed by atoms with Crippen LogP contribution in [0.5, 0.6) is 0 Å². The standard InChI is InChI=1S/C3H6Cl2O8S2/c4-3(5,1-12-14(6,7)8)2-13-15(9,10)11/h1-2H2,(H,6,7,8)(H,9,10,11). The van der Waals surface area contributed by atoms with Crippen LogP contribution in [-0.2, 0) is 29.2 Å². The molecule has 0 spiro atoms. The second kappa shape index (κ2) is 5.10. The van der Waals surface area contributed by atoms with Gasteiger partial charge in [-0.15, -0.1) is 0 Å². The minimum Gasteiger partial charge on any atom is -0.264 e. The van der Waals surface area contributed by atoms with Gasteiger partial charge in [0.25, 0.3) is 0 Å². The van der Waals surface area contributed by atoms with Gasteiger partial charge in [-0.25, -0.2) is 8.37 Å². The lowest BCUT2D eigenvalue weighted by atomic mass is 10.5. The van der Waals surface area contributed by atoms with Crippen LogP contribution >= 0.6 is 23.2 Å². The number of rotatable bonds is 6. The number of hydrogen-bond donors (Lipinski definition) is 2. The van der Waals surface area contributed by atoms with Crippen LogP contribution in [-0.4, -0.2) is 43.5 Å². The quantitative estimate of drug-likeness (QED) is 0.510. The van der Waals surface area contributed by atoms with Crippen molar-refractivity contribution >= 4 is 44.0 Å². The highest BCUT2D eigenvalue weighted by molar-refractivity contribution is 7.81. The third-order valence-corrected chi connectivity index (χ3v) is 2.11. The van der Waals surface area contributed by atoms with Gasteiger partial charge in [0.05, 0.1) is 0 Å². The highest BCUT2D eigenvalue weighted by Gasteiger charge is 2.29. The van der Waals surface area contributed by atoms with Crippen LogP contribution in [0.25, 0.3) is 0 Å². The van der Waals surface area contributed by atoms with Gasteiger partial charge < -0.3 is 0 Å². The van der Waals surface area contributed by atoms with E-state index in [0.717, 1.165) is 0 Å². The summed E-state index contributed by atoms with van der Waals surface area (Å²) >= 11 is 10.6. The largest absolute Gasteiger partial charge is 0.397 e. The first-order valence-electron chi connectivity index (χ1n) is 3.03. The van der Waals surface area contributed by atoms with Gasteiger partial charge in [-0.05, 0) is 0 Å². The van der Waals surface area contributed by atoms with E-state index in [9.17, 15) is 16.8 Å². The predicted molar refractivity (Wildman–Crippen MR) is 49.4 cm³/mol. The zero-order chi connectivity index (χ0) is 12.3. The van der Waals surface area contributed by atoms with Gasteiger partial charge >= 0.3 is 20.8 Å². The van der Waals surface area contributed by atoms with Crippen molar-refractivity contribution in [1.29, 1.82) is 0 Å². The topological polar surface area (TPSA) is 127 Å². The summed E-state index contributed by atoms with van der Waals surface area (Å²) in [5.74, 6) is 0. The van der Waals surface area contributed by atoms with Crippen molar-refractivity contribution in [3.05, 3.63) is 0 Å². The molecule has 0 radical (unpaired) electrons. The van der Waals surface area contributed by atoms with E-state index < -0.39 is 38.3 Å². The summed E-state index contributed by atoms with van der Waals surface area (Å²) in [6, 6.07) is 0. The second-order valence-electron chi connectivity index (χ2n) is 2.24. The van der Waals surface area contributed by atoms with Crippen molar-refractivity contribution in [3.63, 3.8) is 0 Å². The maximum atomic E-state index is 10.1.